The maximum absolute atomic E-state index is 9.52. The van der Waals surface area contributed by atoms with Gasteiger partial charge in [-0.3, -0.25) is 0 Å². The van der Waals surface area contributed by atoms with Crippen molar-refractivity contribution < 1.29 is 9.84 Å². The molecule has 1 atom stereocenters. The largest absolute Gasteiger partial charge is 0.497 e. The average Bonchev–Trinajstić information content (AvgIpc) is 2.47. The molecule has 0 aliphatic heterocycles. The summed E-state index contributed by atoms with van der Waals surface area (Å²) in [5.41, 5.74) is 8.30. The van der Waals surface area contributed by atoms with E-state index in [9.17, 15) is 5.11 Å². The number of aliphatic hydroxyl groups is 1. The summed E-state index contributed by atoms with van der Waals surface area (Å²) in [6.45, 7) is -0.0132. The van der Waals surface area contributed by atoms with Crippen LogP contribution in [0.4, 0.5) is 11.4 Å². The Morgan fingerprint density at radius 2 is 1.95 bits per heavy atom. The molecule has 100 valence electrons. The molecule has 4 heteroatoms. The van der Waals surface area contributed by atoms with Gasteiger partial charge in [0.1, 0.15) is 5.75 Å². The van der Waals surface area contributed by atoms with Crippen molar-refractivity contribution in [2.24, 2.45) is 0 Å². The minimum atomic E-state index is -0.199. The summed E-state index contributed by atoms with van der Waals surface area (Å²) in [5.74, 6) is 0.724. The van der Waals surface area contributed by atoms with Gasteiger partial charge >= 0.3 is 0 Å². The predicted molar refractivity (Wildman–Crippen MR) is 77.3 cm³/mol. The summed E-state index contributed by atoms with van der Waals surface area (Å²) in [4.78, 5) is 0. The first-order chi connectivity index (χ1) is 9.24. The summed E-state index contributed by atoms with van der Waals surface area (Å²) >= 11 is 0. The zero-order valence-corrected chi connectivity index (χ0v) is 10.8. The van der Waals surface area contributed by atoms with E-state index in [0.717, 1.165) is 17.0 Å². The van der Waals surface area contributed by atoms with Crippen LogP contribution in [0, 0.1) is 0 Å². The number of anilines is 2. The van der Waals surface area contributed by atoms with Crippen molar-refractivity contribution in [2.75, 3.05) is 24.8 Å². The molecule has 0 spiro atoms. The van der Waals surface area contributed by atoms with Crippen LogP contribution in [0.3, 0.4) is 0 Å². The fourth-order valence-corrected chi connectivity index (χ4v) is 1.89. The van der Waals surface area contributed by atoms with Gasteiger partial charge in [0.05, 0.1) is 31.1 Å². The van der Waals surface area contributed by atoms with E-state index in [0.29, 0.717) is 5.69 Å². The fraction of sp³-hybridized carbons (Fsp3) is 0.200. The second kappa shape index (κ2) is 6.11. The van der Waals surface area contributed by atoms with E-state index >= 15 is 0 Å². The minimum Gasteiger partial charge on any atom is -0.497 e. The van der Waals surface area contributed by atoms with Gasteiger partial charge < -0.3 is 20.9 Å². The lowest BCUT2D eigenvalue weighted by Gasteiger charge is -2.19. The summed E-state index contributed by atoms with van der Waals surface area (Å²) in [6, 6.07) is 14.9. The Labute approximate surface area is 112 Å². The number of hydrogen-bond acceptors (Lipinski definition) is 4. The van der Waals surface area contributed by atoms with Crippen LogP contribution in [0.5, 0.6) is 5.75 Å². The summed E-state index contributed by atoms with van der Waals surface area (Å²) in [5, 5.41) is 12.8. The van der Waals surface area contributed by atoms with Gasteiger partial charge in [0.15, 0.2) is 0 Å². The molecular formula is C15H18N2O2. The van der Waals surface area contributed by atoms with Crippen LogP contribution in [-0.2, 0) is 0 Å². The molecule has 0 fully saturated rings. The number of ether oxygens (including phenoxy) is 1. The number of aliphatic hydroxyl groups excluding tert-OH is 1. The number of nitrogens with two attached hydrogens (primary N) is 1. The fourth-order valence-electron chi connectivity index (χ4n) is 1.89. The summed E-state index contributed by atoms with van der Waals surface area (Å²) in [7, 11) is 1.61. The number of hydrogen-bond donors (Lipinski definition) is 3. The monoisotopic (exact) mass is 258 g/mol. The average molecular weight is 258 g/mol. The van der Waals surface area contributed by atoms with Gasteiger partial charge in [0.25, 0.3) is 0 Å². The molecule has 0 aromatic heterocycles. The molecule has 4 N–H and O–H groups in total. The number of benzene rings is 2. The van der Waals surface area contributed by atoms with Crippen molar-refractivity contribution >= 4 is 11.4 Å². The summed E-state index contributed by atoms with van der Waals surface area (Å²) < 4.78 is 5.17. The molecule has 2 rings (SSSR count). The normalized spacial score (nSPS) is 11.9. The second-order valence-corrected chi connectivity index (χ2v) is 4.24. The number of nitrogens with one attached hydrogen (secondary N) is 1. The van der Waals surface area contributed by atoms with E-state index < -0.39 is 0 Å². The van der Waals surface area contributed by atoms with Crippen LogP contribution in [-0.4, -0.2) is 18.8 Å². The third kappa shape index (κ3) is 3.17. The van der Waals surface area contributed by atoms with Crippen LogP contribution in [0.2, 0.25) is 0 Å². The van der Waals surface area contributed by atoms with Crippen molar-refractivity contribution in [3.63, 3.8) is 0 Å². The van der Waals surface area contributed by atoms with Crippen LogP contribution < -0.4 is 15.8 Å². The number of rotatable bonds is 5. The molecule has 0 aliphatic rings. The van der Waals surface area contributed by atoms with E-state index in [1.165, 1.54) is 0 Å². The highest BCUT2D eigenvalue weighted by Crippen LogP contribution is 2.28. The molecule has 4 nitrogen and oxygen atoms in total. The lowest BCUT2D eigenvalue weighted by Crippen LogP contribution is -2.15. The molecular weight excluding hydrogens is 240 g/mol. The van der Waals surface area contributed by atoms with Gasteiger partial charge in [0.2, 0.25) is 0 Å². The van der Waals surface area contributed by atoms with Crippen molar-refractivity contribution in [1.82, 2.24) is 0 Å². The highest BCUT2D eigenvalue weighted by molar-refractivity contribution is 5.68. The van der Waals surface area contributed by atoms with Crippen LogP contribution in [0.1, 0.15) is 11.6 Å². The topological polar surface area (TPSA) is 67.5 Å². The molecule has 0 heterocycles. The van der Waals surface area contributed by atoms with Gasteiger partial charge in [-0.05, 0) is 17.7 Å². The molecule has 2 aromatic carbocycles. The molecule has 2 aromatic rings. The van der Waals surface area contributed by atoms with E-state index in [2.05, 4.69) is 5.32 Å². The van der Waals surface area contributed by atoms with Gasteiger partial charge in [-0.15, -0.1) is 0 Å². The maximum atomic E-state index is 9.52. The van der Waals surface area contributed by atoms with Crippen LogP contribution >= 0.6 is 0 Å². The Morgan fingerprint density at radius 3 is 2.58 bits per heavy atom. The molecule has 0 radical (unpaired) electrons. The molecule has 0 aliphatic carbocycles. The van der Waals surface area contributed by atoms with Crippen molar-refractivity contribution in [3.8, 4) is 5.75 Å². The third-order valence-corrected chi connectivity index (χ3v) is 2.97. The zero-order chi connectivity index (χ0) is 13.7. The van der Waals surface area contributed by atoms with E-state index in [1.54, 1.807) is 19.2 Å². The Kier molecular flexibility index (Phi) is 4.26. The second-order valence-electron chi connectivity index (χ2n) is 4.24. The zero-order valence-electron chi connectivity index (χ0n) is 10.8. The maximum Gasteiger partial charge on any atom is 0.121 e. The van der Waals surface area contributed by atoms with Gasteiger partial charge in [0, 0.05) is 6.07 Å². The highest BCUT2D eigenvalue weighted by atomic mass is 16.5. The SMILES string of the molecule is COc1ccc(N)c(NC(CO)c2ccccc2)c1. The predicted octanol–water partition coefficient (Wildman–Crippen LogP) is 2.42. The Morgan fingerprint density at radius 1 is 1.21 bits per heavy atom. The third-order valence-electron chi connectivity index (χ3n) is 2.97. The standard InChI is InChI=1S/C15H18N2O2/c1-19-12-7-8-13(16)14(9-12)17-15(10-18)11-5-3-2-4-6-11/h2-9,15,17-18H,10,16H2,1H3. The van der Waals surface area contributed by atoms with Gasteiger partial charge in [-0.25, -0.2) is 0 Å². The Hall–Kier alpha value is -2.20. The molecule has 0 saturated heterocycles. The molecule has 19 heavy (non-hydrogen) atoms. The minimum absolute atomic E-state index is 0.0132. The van der Waals surface area contributed by atoms with Gasteiger partial charge in [-0.2, -0.15) is 0 Å². The lowest BCUT2D eigenvalue weighted by atomic mass is 10.1. The van der Waals surface area contributed by atoms with Crippen LogP contribution in [0.25, 0.3) is 0 Å². The van der Waals surface area contributed by atoms with Crippen molar-refractivity contribution in [1.29, 1.82) is 0 Å². The van der Waals surface area contributed by atoms with Crippen molar-refractivity contribution in [3.05, 3.63) is 54.1 Å². The highest BCUT2D eigenvalue weighted by Gasteiger charge is 2.11. The molecule has 1 unspecified atom stereocenters. The van der Waals surface area contributed by atoms with Crippen molar-refractivity contribution in [2.45, 2.75) is 6.04 Å². The van der Waals surface area contributed by atoms with E-state index in [1.807, 2.05) is 36.4 Å². The van der Waals surface area contributed by atoms with E-state index in [-0.39, 0.29) is 12.6 Å². The Balaban J connectivity index is 2.23. The molecule has 0 saturated carbocycles. The Bertz CT molecular complexity index is 529. The first-order valence-corrected chi connectivity index (χ1v) is 6.10. The quantitative estimate of drug-likeness (QED) is 0.720. The molecule has 0 amide bonds. The smallest absolute Gasteiger partial charge is 0.121 e. The van der Waals surface area contributed by atoms with Gasteiger partial charge in [-0.1, -0.05) is 30.3 Å². The summed E-state index contributed by atoms with van der Waals surface area (Å²) in [6.07, 6.45) is 0. The first-order valence-electron chi connectivity index (χ1n) is 6.10. The molecule has 0 bridgehead atoms. The number of methoxy groups -OCH3 is 1. The number of nitrogen functional groups attached to an aromatic ring is 1. The van der Waals surface area contributed by atoms with E-state index in [4.69, 9.17) is 10.5 Å². The lowest BCUT2D eigenvalue weighted by molar-refractivity contribution is 0.276. The van der Waals surface area contributed by atoms with Crippen LogP contribution in [0.15, 0.2) is 48.5 Å². The first kappa shape index (κ1) is 13.2.